The van der Waals surface area contributed by atoms with Crippen LogP contribution in [0.5, 0.6) is 0 Å². The van der Waals surface area contributed by atoms with Crippen LogP contribution in [0, 0.1) is 11.7 Å². The fourth-order valence-corrected chi connectivity index (χ4v) is 5.03. The number of ether oxygens (including phenoxy) is 1. The molecule has 0 radical (unpaired) electrons. The van der Waals surface area contributed by atoms with E-state index in [1.165, 1.54) is 18.6 Å². The Hall–Kier alpha value is -2.20. The summed E-state index contributed by atoms with van der Waals surface area (Å²) < 4.78 is 19.9. The molecule has 1 aliphatic carbocycles. The van der Waals surface area contributed by atoms with E-state index in [1.807, 2.05) is 12.1 Å². The Morgan fingerprint density at radius 3 is 2.60 bits per heavy atom. The van der Waals surface area contributed by atoms with Gasteiger partial charge in [-0.1, -0.05) is 50.2 Å². The summed E-state index contributed by atoms with van der Waals surface area (Å²) in [5, 5.41) is 0. The first-order chi connectivity index (χ1) is 14.3. The Balaban J connectivity index is 1.77. The molecule has 0 unspecified atom stereocenters. The number of halogens is 1. The predicted octanol–water partition coefficient (Wildman–Crippen LogP) is 5.38. The highest BCUT2D eigenvalue weighted by Gasteiger charge is 2.47. The standard InChI is InChI=1S/C26H34FNO2/c1-19(2)25-24-11-10-23(27)18-22(24)12-14-26(25,30-20(3)29)15-17-28(4)16-13-21-8-6-5-7-9-21/h5-11,18-19,25H,12-17H2,1-4H3/t25-,26-/m0/s1. The van der Waals surface area contributed by atoms with Gasteiger partial charge in [-0.2, -0.15) is 0 Å². The lowest BCUT2D eigenvalue weighted by molar-refractivity contribution is -0.164. The van der Waals surface area contributed by atoms with E-state index in [0.29, 0.717) is 0 Å². The number of hydrogen-bond acceptors (Lipinski definition) is 3. The molecule has 0 spiro atoms. The number of carbonyl (C=O) groups excluding carboxylic acids is 1. The van der Waals surface area contributed by atoms with Gasteiger partial charge in [-0.05, 0) is 61.1 Å². The highest BCUT2D eigenvalue weighted by atomic mass is 19.1. The molecule has 2 aromatic rings. The third-order valence-corrected chi connectivity index (χ3v) is 6.38. The minimum absolute atomic E-state index is 0.0632. The van der Waals surface area contributed by atoms with Gasteiger partial charge >= 0.3 is 5.97 Å². The summed E-state index contributed by atoms with van der Waals surface area (Å²) in [6.07, 6.45) is 3.24. The first kappa shape index (κ1) is 22.5. The molecule has 2 atom stereocenters. The molecule has 30 heavy (non-hydrogen) atoms. The van der Waals surface area contributed by atoms with Gasteiger partial charge < -0.3 is 9.64 Å². The number of hydrogen-bond donors (Lipinski definition) is 0. The number of esters is 1. The first-order valence-electron chi connectivity index (χ1n) is 11.0. The van der Waals surface area contributed by atoms with E-state index < -0.39 is 5.60 Å². The van der Waals surface area contributed by atoms with Crippen molar-refractivity contribution in [3.8, 4) is 0 Å². The molecule has 162 valence electrons. The van der Waals surface area contributed by atoms with Crippen LogP contribution in [0.2, 0.25) is 0 Å². The summed E-state index contributed by atoms with van der Waals surface area (Å²) in [7, 11) is 2.13. The molecular formula is C26H34FNO2. The Morgan fingerprint density at radius 1 is 1.20 bits per heavy atom. The molecule has 0 bridgehead atoms. The summed E-state index contributed by atoms with van der Waals surface area (Å²) in [6, 6.07) is 15.6. The van der Waals surface area contributed by atoms with Gasteiger partial charge in [0.2, 0.25) is 0 Å². The second-order valence-electron chi connectivity index (χ2n) is 9.01. The minimum Gasteiger partial charge on any atom is -0.459 e. The zero-order valence-electron chi connectivity index (χ0n) is 18.7. The van der Waals surface area contributed by atoms with Crippen molar-refractivity contribution < 1.29 is 13.9 Å². The van der Waals surface area contributed by atoms with E-state index >= 15 is 0 Å². The molecule has 0 heterocycles. The number of aryl methyl sites for hydroxylation is 1. The predicted molar refractivity (Wildman–Crippen MR) is 119 cm³/mol. The van der Waals surface area contributed by atoms with Gasteiger partial charge in [0.1, 0.15) is 11.4 Å². The Bertz CT molecular complexity index is 851. The van der Waals surface area contributed by atoms with Crippen LogP contribution >= 0.6 is 0 Å². The van der Waals surface area contributed by atoms with Crippen LogP contribution < -0.4 is 0 Å². The maximum Gasteiger partial charge on any atom is 0.303 e. The van der Waals surface area contributed by atoms with Crippen molar-refractivity contribution in [2.24, 2.45) is 5.92 Å². The van der Waals surface area contributed by atoms with E-state index in [4.69, 9.17) is 4.74 Å². The average molecular weight is 412 g/mol. The van der Waals surface area contributed by atoms with Crippen molar-refractivity contribution in [2.45, 2.75) is 58.0 Å². The van der Waals surface area contributed by atoms with Gasteiger partial charge in [0.15, 0.2) is 0 Å². The molecule has 0 N–H and O–H groups in total. The Kier molecular flexibility index (Phi) is 7.30. The highest BCUT2D eigenvalue weighted by molar-refractivity contribution is 5.67. The average Bonchev–Trinajstić information content (AvgIpc) is 2.71. The zero-order chi connectivity index (χ0) is 21.7. The van der Waals surface area contributed by atoms with Crippen molar-refractivity contribution in [1.29, 1.82) is 0 Å². The first-order valence-corrected chi connectivity index (χ1v) is 11.0. The maximum absolute atomic E-state index is 13.8. The fraction of sp³-hybridized carbons (Fsp3) is 0.500. The van der Waals surface area contributed by atoms with Gasteiger partial charge in [0.05, 0.1) is 0 Å². The second-order valence-corrected chi connectivity index (χ2v) is 9.01. The SMILES string of the molecule is CC(=O)O[C@]1(CCN(C)CCc2ccccc2)CCc2cc(F)ccc2[C@@H]1C(C)C. The summed E-state index contributed by atoms with van der Waals surface area (Å²) in [6.45, 7) is 7.63. The Labute approximate surface area is 180 Å². The van der Waals surface area contributed by atoms with E-state index in [2.05, 4.69) is 50.1 Å². The van der Waals surface area contributed by atoms with E-state index in [0.717, 1.165) is 49.9 Å². The second kappa shape index (κ2) is 9.74. The molecule has 1 aliphatic rings. The van der Waals surface area contributed by atoms with Crippen LogP contribution in [0.15, 0.2) is 48.5 Å². The fourth-order valence-electron chi connectivity index (χ4n) is 5.03. The normalized spacial score (nSPS) is 21.0. The lowest BCUT2D eigenvalue weighted by Gasteiger charge is -2.47. The van der Waals surface area contributed by atoms with Crippen LogP contribution in [0.25, 0.3) is 0 Å². The summed E-state index contributed by atoms with van der Waals surface area (Å²) in [5.41, 5.74) is 2.96. The van der Waals surface area contributed by atoms with Crippen LogP contribution in [0.4, 0.5) is 4.39 Å². The van der Waals surface area contributed by atoms with E-state index in [9.17, 15) is 9.18 Å². The molecule has 4 heteroatoms. The molecule has 0 aromatic heterocycles. The number of fused-ring (bicyclic) bond motifs is 1. The molecule has 0 aliphatic heterocycles. The van der Waals surface area contributed by atoms with Gasteiger partial charge in [0.25, 0.3) is 0 Å². The van der Waals surface area contributed by atoms with Gasteiger partial charge in [-0.15, -0.1) is 0 Å². The van der Waals surface area contributed by atoms with Crippen molar-refractivity contribution >= 4 is 5.97 Å². The summed E-state index contributed by atoms with van der Waals surface area (Å²) in [5.74, 6) is -0.0909. The molecule has 0 saturated heterocycles. The van der Waals surface area contributed by atoms with Gasteiger partial charge in [-0.25, -0.2) is 4.39 Å². The summed E-state index contributed by atoms with van der Waals surface area (Å²) in [4.78, 5) is 14.4. The number of likely N-dealkylation sites (N-methyl/N-ethyl adjacent to an activating group) is 1. The van der Waals surface area contributed by atoms with Crippen molar-refractivity contribution in [3.63, 3.8) is 0 Å². The lowest BCUT2D eigenvalue weighted by Crippen LogP contribution is -2.48. The molecule has 0 fully saturated rings. The Morgan fingerprint density at radius 2 is 1.93 bits per heavy atom. The van der Waals surface area contributed by atoms with Crippen LogP contribution in [-0.4, -0.2) is 36.6 Å². The number of benzene rings is 2. The third-order valence-electron chi connectivity index (χ3n) is 6.38. The molecule has 3 rings (SSSR count). The van der Waals surface area contributed by atoms with E-state index in [-0.39, 0.29) is 23.6 Å². The lowest BCUT2D eigenvalue weighted by atomic mass is 9.65. The van der Waals surface area contributed by atoms with Gasteiger partial charge in [0, 0.05) is 32.4 Å². The van der Waals surface area contributed by atoms with Crippen LogP contribution in [-0.2, 0) is 22.4 Å². The number of carbonyl (C=O) groups is 1. The molecular weight excluding hydrogens is 377 g/mol. The number of nitrogens with zero attached hydrogens (tertiary/aromatic N) is 1. The van der Waals surface area contributed by atoms with Crippen molar-refractivity contribution in [1.82, 2.24) is 4.90 Å². The highest BCUT2D eigenvalue weighted by Crippen LogP contribution is 2.48. The molecule has 3 nitrogen and oxygen atoms in total. The molecule has 0 amide bonds. The maximum atomic E-state index is 13.8. The number of rotatable bonds is 8. The van der Waals surface area contributed by atoms with E-state index in [1.54, 1.807) is 6.07 Å². The topological polar surface area (TPSA) is 29.5 Å². The largest absolute Gasteiger partial charge is 0.459 e. The van der Waals surface area contributed by atoms with Gasteiger partial charge in [-0.3, -0.25) is 4.79 Å². The molecule has 0 saturated carbocycles. The van der Waals surface area contributed by atoms with Crippen LogP contribution in [0.1, 0.15) is 56.2 Å². The third kappa shape index (κ3) is 5.28. The monoisotopic (exact) mass is 411 g/mol. The smallest absolute Gasteiger partial charge is 0.303 e. The summed E-state index contributed by atoms with van der Waals surface area (Å²) >= 11 is 0. The minimum atomic E-state index is -0.550. The van der Waals surface area contributed by atoms with Crippen molar-refractivity contribution in [2.75, 3.05) is 20.1 Å². The molecule has 2 aromatic carbocycles. The zero-order valence-corrected chi connectivity index (χ0v) is 18.7. The van der Waals surface area contributed by atoms with Crippen LogP contribution in [0.3, 0.4) is 0 Å². The quantitative estimate of drug-likeness (QED) is 0.546. The van der Waals surface area contributed by atoms with Crippen molar-refractivity contribution in [3.05, 3.63) is 71.0 Å².